The third-order valence-electron chi connectivity index (χ3n) is 14.4. The largest absolute Gasteiger partial charge is 0.481 e. The van der Waals surface area contributed by atoms with Crippen LogP contribution in [0.2, 0.25) is 0 Å². The lowest BCUT2D eigenvalue weighted by Gasteiger charge is -2.43. The highest BCUT2D eigenvalue weighted by atomic mass is 32.2. The zero-order valence-corrected chi connectivity index (χ0v) is 56.0. The summed E-state index contributed by atoms with van der Waals surface area (Å²) in [6.07, 6.45) is -13.1. The van der Waals surface area contributed by atoms with Crippen LogP contribution >= 0.6 is 71.5 Å². The summed E-state index contributed by atoms with van der Waals surface area (Å²) in [5.74, 6) is -13.9. The van der Waals surface area contributed by atoms with Gasteiger partial charge in [-0.25, -0.2) is 0 Å². The summed E-state index contributed by atoms with van der Waals surface area (Å²) in [6.45, 7) is 10.6. The van der Waals surface area contributed by atoms with Crippen LogP contribution in [-0.2, 0) is 85.8 Å². The number of carboxylic acid groups (broad SMARTS) is 4. The summed E-state index contributed by atoms with van der Waals surface area (Å²) in [7, 11) is 0. The highest BCUT2D eigenvalue weighted by molar-refractivity contribution is 8.47. The third kappa shape index (κ3) is 29.7. The number of ether oxygens (including phenoxy) is 8. The molecule has 2 heterocycles. The topological polar surface area (TPSA) is 454 Å². The molecule has 16 atom stereocenters. The second-order valence-electron chi connectivity index (χ2n) is 21.5. The molecule has 0 aromatic carbocycles. The number of nitriles is 2. The van der Waals surface area contributed by atoms with Crippen molar-refractivity contribution in [3.8, 4) is 12.1 Å². The van der Waals surface area contributed by atoms with Crippen molar-refractivity contribution in [3.05, 3.63) is 0 Å². The Bertz CT molecular complexity index is 2540. The standard InChI is InChI=1S/C31H45NO13S3.C25H37NO13S3/c1-7-12-47-30(46)48-15-21(27(39)41-11-9-25(37)38)13-22(31(6,16-32)10-8-24(35)36)28(40)42-14-23-17(2)18(3)26(43-19(4)33)29(45-23)44-20(5)34;1-3-8-41-24(40)42-11-13(21(34)37-7-5-17(29)30)9-14(25(2,12-26)6-4-16(27)28)22(35)38-10-15-18(31)19(32)20(33)23(36)39-15/h17-18,21-23,26,29H,7-15H2,1-6H3,(H,35,36)(H,37,38);13-15,18-20,23,31-33,36H,3-11H2,1-2H3,(H,27,28)(H,29,30)/t17-,18-,21?,22?,23?,26?,29-,31?;13?,14?,15?,18-,19+,20?,23+,25?/m01/s1. The minimum atomic E-state index is -1.89. The molecule has 34 heteroatoms. The molecule has 90 heavy (non-hydrogen) atoms. The van der Waals surface area contributed by atoms with Crippen molar-refractivity contribution in [2.75, 3.05) is 49.4 Å². The number of hydrogen-bond donors (Lipinski definition) is 8. The first kappa shape index (κ1) is 83.0. The van der Waals surface area contributed by atoms with Crippen molar-refractivity contribution in [1.29, 1.82) is 10.5 Å². The minimum absolute atomic E-state index is 0.00634. The molecule has 0 aromatic rings. The molecule has 2 fully saturated rings. The van der Waals surface area contributed by atoms with Crippen molar-refractivity contribution in [1.82, 2.24) is 0 Å². The number of thioether (sulfide) groups is 4. The van der Waals surface area contributed by atoms with Crippen molar-refractivity contribution >= 4 is 138 Å². The number of aliphatic hydroxyl groups is 4. The van der Waals surface area contributed by atoms with E-state index in [4.69, 9.17) is 72.5 Å². The molecule has 0 bridgehead atoms. The molecule has 0 aromatic heterocycles. The Kier molecular flexibility index (Phi) is 39.0. The third-order valence-corrected chi connectivity index (χ3v) is 20.5. The lowest BCUT2D eigenvalue weighted by atomic mass is 9.71. The Hall–Kier alpha value is -4.98. The molecular weight excluding hydrogens is 1310 g/mol. The molecule has 0 radical (unpaired) electrons. The Labute approximate surface area is 549 Å². The average molecular weight is 1390 g/mol. The quantitative estimate of drug-likeness (QED) is 0.0238. The van der Waals surface area contributed by atoms with E-state index >= 15 is 0 Å². The van der Waals surface area contributed by atoms with E-state index in [0.29, 0.717) is 7.06 Å². The molecule has 8 N–H and O–H groups in total. The number of nitrogens with zero attached hydrogens (tertiary/aromatic N) is 2. The number of aliphatic carboxylic acids is 4. The molecule has 2 saturated heterocycles. The predicted octanol–water partition coefficient (Wildman–Crippen LogP) is 4.74. The molecule has 28 nitrogen and oxygen atoms in total. The van der Waals surface area contributed by atoms with Gasteiger partial charge in [-0.15, -0.1) is 47.0 Å². The highest BCUT2D eigenvalue weighted by Crippen LogP contribution is 2.42. The SMILES string of the molecule is CCCSC(=S)SCC(CC(C(=O)OCC1O[C@H](O)C(O)[C@@H](O)[C@@H]1O)C(C)(C#N)CCC(=O)O)C(=O)OCCC(=O)O.CCCSC(=S)SCC(CC(C(=O)OCC1O[C@H](OC(C)=O)C(OC(C)=O)[C@@H](C)[C@@H]1C)C(C)(C#N)CCC(=O)O)C(=O)OCCC(=O)O. The number of carbonyl (C=O) groups is 10. The van der Waals surface area contributed by atoms with Crippen molar-refractivity contribution in [2.45, 2.75) is 169 Å². The van der Waals surface area contributed by atoms with Crippen LogP contribution in [0.25, 0.3) is 0 Å². The molecule has 2 aliphatic rings. The van der Waals surface area contributed by atoms with E-state index in [1.807, 2.05) is 26.0 Å². The van der Waals surface area contributed by atoms with Gasteiger partial charge >= 0.3 is 59.7 Å². The molecule has 0 aliphatic carbocycles. The van der Waals surface area contributed by atoms with Gasteiger partial charge < -0.3 is 78.7 Å². The van der Waals surface area contributed by atoms with Gasteiger partial charge in [0.1, 0.15) is 57.9 Å². The van der Waals surface area contributed by atoms with E-state index in [9.17, 15) is 89.1 Å². The van der Waals surface area contributed by atoms with Crippen LogP contribution in [0.3, 0.4) is 0 Å². The predicted molar refractivity (Wildman–Crippen MR) is 332 cm³/mol. The smallest absolute Gasteiger partial charge is 0.310 e. The van der Waals surface area contributed by atoms with Crippen molar-refractivity contribution in [3.63, 3.8) is 0 Å². The fourth-order valence-corrected chi connectivity index (χ4v) is 13.2. The fraction of sp³-hybridized carbons (Fsp3) is 0.750. The second-order valence-corrected chi connectivity index (χ2v) is 28.1. The van der Waals surface area contributed by atoms with E-state index in [1.165, 1.54) is 56.1 Å². The summed E-state index contributed by atoms with van der Waals surface area (Å²) in [5.41, 5.74) is -3.28. The summed E-state index contributed by atoms with van der Waals surface area (Å²) in [4.78, 5) is 122. The number of thiocarbonyl (C=S) groups is 2. The lowest BCUT2D eigenvalue weighted by molar-refractivity contribution is -0.287. The van der Waals surface area contributed by atoms with Gasteiger partial charge in [-0.1, -0.05) is 52.1 Å². The van der Waals surface area contributed by atoms with Crippen LogP contribution in [0.15, 0.2) is 0 Å². The van der Waals surface area contributed by atoms with E-state index in [0.717, 1.165) is 43.0 Å². The van der Waals surface area contributed by atoms with E-state index < -0.39 is 195 Å². The van der Waals surface area contributed by atoms with Crippen LogP contribution in [0.4, 0.5) is 0 Å². The van der Waals surface area contributed by atoms with Gasteiger partial charge in [-0.3, -0.25) is 47.9 Å². The monoisotopic (exact) mass is 1390 g/mol. The molecule has 0 saturated carbocycles. The Balaban J connectivity index is 0.000000908. The fourth-order valence-electron chi connectivity index (χ4n) is 8.78. The molecule has 10 unspecified atom stereocenters. The van der Waals surface area contributed by atoms with Gasteiger partial charge in [0.05, 0.1) is 65.6 Å². The van der Waals surface area contributed by atoms with E-state index in [-0.39, 0.29) is 49.7 Å². The van der Waals surface area contributed by atoms with Crippen LogP contribution in [-0.4, -0.2) is 206 Å². The number of rotatable bonds is 36. The highest BCUT2D eigenvalue weighted by Gasteiger charge is 2.49. The van der Waals surface area contributed by atoms with Gasteiger partial charge in [0.15, 0.2) is 12.4 Å². The first-order valence-corrected chi connectivity index (χ1v) is 33.2. The molecular formula is C56H82N2O26S6. The average Bonchev–Trinajstić information content (AvgIpc) is 0.865. The molecule has 0 amide bonds. The first-order chi connectivity index (χ1) is 42.1. The van der Waals surface area contributed by atoms with E-state index in [2.05, 4.69) is 0 Å². The zero-order valence-electron chi connectivity index (χ0n) is 51.1. The van der Waals surface area contributed by atoms with Crippen LogP contribution in [0, 0.1) is 69.0 Å². The molecule has 0 spiro atoms. The summed E-state index contributed by atoms with van der Waals surface area (Å²) >= 11 is 15.8. The van der Waals surface area contributed by atoms with Crippen LogP contribution in [0.1, 0.15) is 120 Å². The van der Waals surface area contributed by atoms with Gasteiger partial charge in [-0.2, -0.15) is 10.5 Å². The maximum Gasteiger partial charge on any atom is 0.310 e. The van der Waals surface area contributed by atoms with Gasteiger partial charge in [0.2, 0.25) is 6.29 Å². The first-order valence-electron chi connectivity index (χ1n) is 28.4. The normalized spacial score (nSPS) is 23.8. The lowest BCUT2D eigenvalue weighted by Crippen LogP contribution is -2.58. The number of esters is 6. The van der Waals surface area contributed by atoms with Gasteiger partial charge in [0, 0.05) is 44.1 Å². The zero-order chi connectivity index (χ0) is 68.6. The van der Waals surface area contributed by atoms with Crippen LogP contribution < -0.4 is 0 Å². The van der Waals surface area contributed by atoms with Gasteiger partial charge in [-0.05, 0) is 69.8 Å². The number of carboxylic acids is 4. The Morgan fingerprint density at radius 3 is 1.31 bits per heavy atom. The Morgan fingerprint density at radius 2 is 0.944 bits per heavy atom. The van der Waals surface area contributed by atoms with Crippen molar-refractivity contribution < 1.29 is 127 Å². The number of aliphatic hydroxyl groups excluding tert-OH is 4. The van der Waals surface area contributed by atoms with Gasteiger partial charge in [0.25, 0.3) is 0 Å². The summed E-state index contributed by atoms with van der Waals surface area (Å²) in [5, 5.41) is 96.2. The maximum atomic E-state index is 13.8. The molecule has 2 aliphatic heterocycles. The Morgan fingerprint density at radius 1 is 0.544 bits per heavy atom. The second kappa shape index (κ2) is 42.3. The maximum absolute atomic E-state index is 13.8. The van der Waals surface area contributed by atoms with Crippen molar-refractivity contribution in [2.24, 2.45) is 46.3 Å². The summed E-state index contributed by atoms with van der Waals surface area (Å²) in [6, 6.07) is 4.00. The molecule has 508 valence electrons. The molecule has 2 rings (SSSR count). The van der Waals surface area contributed by atoms with Crippen LogP contribution in [0.5, 0.6) is 0 Å². The minimum Gasteiger partial charge on any atom is -0.481 e. The number of hydrogen-bond acceptors (Lipinski definition) is 30. The number of carbonyl (C=O) groups excluding carboxylic acids is 6. The van der Waals surface area contributed by atoms with E-state index in [1.54, 1.807) is 13.8 Å². The summed E-state index contributed by atoms with van der Waals surface area (Å²) < 4.78 is 43.9.